The highest BCUT2D eigenvalue weighted by Crippen LogP contribution is 2.29. The molecule has 4 heteroatoms. The zero-order valence-electron chi connectivity index (χ0n) is 13.5. The molecule has 1 fully saturated rings. The van der Waals surface area contributed by atoms with E-state index in [0.717, 1.165) is 45.9 Å². The van der Waals surface area contributed by atoms with Crippen LogP contribution >= 0.6 is 0 Å². The predicted octanol–water partition coefficient (Wildman–Crippen LogP) is 2.31. The topological polar surface area (TPSA) is 37.4 Å². The molecule has 1 unspecified atom stereocenters. The summed E-state index contributed by atoms with van der Waals surface area (Å²) in [5.41, 5.74) is 1.60. The number of aromatic nitrogens is 1. The van der Waals surface area contributed by atoms with E-state index >= 15 is 0 Å². The smallest absolute Gasteiger partial charge is 0.0546 e. The lowest BCUT2D eigenvalue weighted by Crippen LogP contribution is -2.48. The number of nitrogens with zero attached hydrogens (tertiary/aromatic N) is 2. The molecule has 1 N–H and O–H groups in total. The summed E-state index contributed by atoms with van der Waals surface area (Å²) in [6.07, 6.45) is 6.19. The Labute approximate surface area is 128 Å². The third kappa shape index (κ3) is 5.06. The van der Waals surface area contributed by atoms with Crippen LogP contribution in [0, 0.1) is 5.41 Å². The fourth-order valence-corrected chi connectivity index (χ4v) is 3.12. The Morgan fingerprint density at radius 1 is 1.33 bits per heavy atom. The van der Waals surface area contributed by atoms with Crippen LogP contribution in [0.15, 0.2) is 24.5 Å². The highest BCUT2D eigenvalue weighted by atomic mass is 16.5. The lowest BCUT2D eigenvalue weighted by Gasteiger charge is -2.41. The summed E-state index contributed by atoms with van der Waals surface area (Å²) in [7, 11) is 0. The van der Waals surface area contributed by atoms with E-state index in [-0.39, 0.29) is 5.41 Å². The molecule has 1 aliphatic rings. The third-order valence-corrected chi connectivity index (χ3v) is 4.32. The maximum absolute atomic E-state index is 5.80. The Balaban J connectivity index is 1.99. The number of nitrogens with one attached hydrogen (secondary N) is 1. The molecule has 1 aliphatic heterocycles. The first-order chi connectivity index (χ1) is 10.3. The number of hydrogen-bond acceptors (Lipinski definition) is 4. The molecular formula is C17H29N3O. The Morgan fingerprint density at radius 3 is 2.76 bits per heavy atom. The molecule has 1 aromatic rings. The van der Waals surface area contributed by atoms with Gasteiger partial charge >= 0.3 is 0 Å². The van der Waals surface area contributed by atoms with Gasteiger partial charge in [0.05, 0.1) is 6.61 Å². The second-order valence-corrected chi connectivity index (χ2v) is 6.10. The van der Waals surface area contributed by atoms with Crippen molar-refractivity contribution in [2.75, 3.05) is 39.4 Å². The van der Waals surface area contributed by atoms with Crippen LogP contribution in [0.25, 0.3) is 0 Å². The van der Waals surface area contributed by atoms with Crippen molar-refractivity contribution in [1.82, 2.24) is 15.2 Å². The Kier molecular flexibility index (Phi) is 6.61. The van der Waals surface area contributed by atoms with Crippen LogP contribution in [-0.4, -0.2) is 49.3 Å². The van der Waals surface area contributed by atoms with Crippen molar-refractivity contribution in [2.45, 2.75) is 33.2 Å². The standard InChI is InChI=1S/C17H29N3O/c1-3-18-13-17(8-5-11-21-15-17)14-20(4-2)12-16-6-9-19-10-7-16/h6-7,9-10,18H,3-5,8,11-15H2,1-2H3. The molecular weight excluding hydrogens is 262 g/mol. The summed E-state index contributed by atoms with van der Waals surface area (Å²) in [5.74, 6) is 0. The van der Waals surface area contributed by atoms with E-state index in [1.54, 1.807) is 0 Å². The highest BCUT2D eigenvalue weighted by molar-refractivity contribution is 5.09. The van der Waals surface area contributed by atoms with Gasteiger partial charge in [-0.15, -0.1) is 0 Å². The van der Waals surface area contributed by atoms with Gasteiger partial charge < -0.3 is 10.1 Å². The Bertz CT molecular complexity index is 390. The van der Waals surface area contributed by atoms with Crippen LogP contribution in [0.3, 0.4) is 0 Å². The minimum Gasteiger partial charge on any atom is -0.381 e. The lowest BCUT2D eigenvalue weighted by atomic mass is 9.81. The van der Waals surface area contributed by atoms with Crippen LogP contribution in [-0.2, 0) is 11.3 Å². The summed E-state index contributed by atoms with van der Waals surface area (Å²) >= 11 is 0. The minimum atomic E-state index is 0.261. The molecule has 1 saturated heterocycles. The number of pyridine rings is 1. The van der Waals surface area contributed by atoms with Gasteiger partial charge in [0.15, 0.2) is 0 Å². The monoisotopic (exact) mass is 291 g/mol. The molecule has 0 spiro atoms. The first-order valence-corrected chi connectivity index (χ1v) is 8.18. The van der Waals surface area contributed by atoms with Crippen molar-refractivity contribution in [2.24, 2.45) is 5.41 Å². The second-order valence-electron chi connectivity index (χ2n) is 6.10. The van der Waals surface area contributed by atoms with E-state index in [9.17, 15) is 0 Å². The number of hydrogen-bond donors (Lipinski definition) is 1. The fourth-order valence-electron chi connectivity index (χ4n) is 3.12. The van der Waals surface area contributed by atoms with Crippen LogP contribution in [0.5, 0.6) is 0 Å². The molecule has 0 aliphatic carbocycles. The first kappa shape index (κ1) is 16.4. The van der Waals surface area contributed by atoms with E-state index in [1.807, 2.05) is 12.4 Å². The SMILES string of the molecule is CCNCC1(CN(CC)Cc2ccncc2)CCCOC1. The molecule has 1 atom stereocenters. The molecule has 21 heavy (non-hydrogen) atoms. The summed E-state index contributed by atoms with van der Waals surface area (Å²) in [5, 5.41) is 3.54. The maximum Gasteiger partial charge on any atom is 0.0546 e. The molecule has 2 rings (SSSR count). The summed E-state index contributed by atoms with van der Waals surface area (Å²) in [4.78, 5) is 6.63. The number of rotatable bonds is 8. The summed E-state index contributed by atoms with van der Waals surface area (Å²) in [6.45, 7) is 11.4. The van der Waals surface area contributed by atoms with Crippen LogP contribution < -0.4 is 5.32 Å². The molecule has 0 bridgehead atoms. The fraction of sp³-hybridized carbons (Fsp3) is 0.706. The van der Waals surface area contributed by atoms with Crippen LogP contribution in [0.4, 0.5) is 0 Å². The quantitative estimate of drug-likeness (QED) is 0.797. The Hall–Kier alpha value is -0.970. The van der Waals surface area contributed by atoms with Crippen molar-refractivity contribution in [1.29, 1.82) is 0 Å². The number of ether oxygens (including phenoxy) is 1. The van der Waals surface area contributed by atoms with Crippen molar-refractivity contribution in [3.05, 3.63) is 30.1 Å². The first-order valence-electron chi connectivity index (χ1n) is 8.18. The molecule has 4 nitrogen and oxygen atoms in total. The summed E-state index contributed by atoms with van der Waals surface area (Å²) in [6, 6.07) is 4.22. The third-order valence-electron chi connectivity index (χ3n) is 4.32. The van der Waals surface area contributed by atoms with E-state index in [4.69, 9.17) is 4.74 Å². The van der Waals surface area contributed by atoms with E-state index in [0.29, 0.717) is 0 Å². The molecule has 2 heterocycles. The van der Waals surface area contributed by atoms with Gasteiger partial charge in [-0.05, 0) is 43.6 Å². The predicted molar refractivity (Wildman–Crippen MR) is 86.2 cm³/mol. The lowest BCUT2D eigenvalue weighted by molar-refractivity contribution is -0.0265. The molecule has 0 radical (unpaired) electrons. The van der Waals surface area contributed by atoms with Crippen molar-refractivity contribution >= 4 is 0 Å². The van der Waals surface area contributed by atoms with Crippen LogP contribution in [0.2, 0.25) is 0 Å². The van der Waals surface area contributed by atoms with Crippen molar-refractivity contribution in [3.63, 3.8) is 0 Å². The second kappa shape index (κ2) is 8.47. The average molecular weight is 291 g/mol. The van der Waals surface area contributed by atoms with Gasteiger partial charge in [-0.1, -0.05) is 13.8 Å². The minimum absolute atomic E-state index is 0.261. The van der Waals surface area contributed by atoms with E-state index in [2.05, 4.69) is 41.2 Å². The average Bonchev–Trinajstić information content (AvgIpc) is 2.54. The molecule has 0 amide bonds. The van der Waals surface area contributed by atoms with Gasteiger partial charge in [0.2, 0.25) is 0 Å². The van der Waals surface area contributed by atoms with Crippen molar-refractivity contribution < 1.29 is 4.74 Å². The maximum atomic E-state index is 5.80. The van der Waals surface area contributed by atoms with Gasteiger partial charge in [0.1, 0.15) is 0 Å². The molecule has 1 aromatic heterocycles. The zero-order chi connectivity index (χ0) is 15.0. The van der Waals surface area contributed by atoms with Crippen molar-refractivity contribution in [3.8, 4) is 0 Å². The normalized spacial score (nSPS) is 22.6. The molecule has 0 saturated carbocycles. The van der Waals surface area contributed by atoms with E-state index in [1.165, 1.54) is 18.4 Å². The Morgan fingerprint density at radius 2 is 2.14 bits per heavy atom. The molecule has 0 aromatic carbocycles. The van der Waals surface area contributed by atoms with Gasteiger partial charge in [-0.25, -0.2) is 0 Å². The van der Waals surface area contributed by atoms with Crippen LogP contribution in [0.1, 0.15) is 32.3 Å². The van der Waals surface area contributed by atoms with Gasteiger partial charge in [0.25, 0.3) is 0 Å². The van der Waals surface area contributed by atoms with E-state index < -0.39 is 0 Å². The van der Waals surface area contributed by atoms with Gasteiger partial charge in [0, 0.05) is 44.0 Å². The molecule has 118 valence electrons. The zero-order valence-corrected chi connectivity index (χ0v) is 13.5. The highest BCUT2D eigenvalue weighted by Gasteiger charge is 2.34. The van der Waals surface area contributed by atoms with Gasteiger partial charge in [-0.3, -0.25) is 9.88 Å². The summed E-state index contributed by atoms with van der Waals surface area (Å²) < 4.78 is 5.80. The largest absolute Gasteiger partial charge is 0.381 e. The van der Waals surface area contributed by atoms with Gasteiger partial charge in [-0.2, -0.15) is 0 Å².